The largest absolute Gasteiger partial charge is 0.372 e. The van der Waals surface area contributed by atoms with Gasteiger partial charge >= 0.3 is 0 Å². The van der Waals surface area contributed by atoms with E-state index in [0.29, 0.717) is 0 Å². The van der Waals surface area contributed by atoms with Crippen molar-refractivity contribution in [1.29, 1.82) is 0 Å². The molecule has 0 radical (unpaired) electrons. The molecule has 0 unspecified atom stereocenters. The second-order valence-electron chi connectivity index (χ2n) is 9.15. The lowest BCUT2D eigenvalue weighted by Crippen LogP contribution is -2.21. The molecule has 0 aliphatic heterocycles. The van der Waals surface area contributed by atoms with Gasteiger partial charge in [0.15, 0.2) is 0 Å². The fourth-order valence-corrected chi connectivity index (χ4v) is 4.63. The number of benzene rings is 5. The maximum absolute atomic E-state index is 4.93. The van der Waals surface area contributed by atoms with Crippen molar-refractivity contribution in [2.24, 2.45) is 5.10 Å². The van der Waals surface area contributed by atoms with Crippen LogP contribution >= 0.6 is 0 Å². The van der Waals surface area contributed by atoms with Crippen LogP contribution in [0.5, 0.6) is 0 Å². The van der Waals surface area contributed by atoms with Crippen LogP contribution in [0, 0.1) is 0 Å². The molecule has 0 amide bonds. The molecule has 0 saturated heterocycles. The van der Waals surface area contributed by atoms with E-state index in [0.717, 1.165) is 35.6 Å². The minimum atomic E-state index is 1.02. The second-order valence-corrected chi connectivity index (χ2v) is 9.15. The third kappa shape index (κ3) is 5.84. The number of anilines is 3. The Morgan fingerprint density at radius 2 is 1.13 bits per heavy atom. The maximum atomic E-state index is 4.93. The first-order chi connectivity index (χ1) is 18.7. The van der Waals surface area contributed by atoms with Crippen LogP contribution in [0.15, 0.2) is 126 Å². The van der Waals surface area contributed by atoms with E-state index in [9.17, 15) is 0 Å². The Bertz CT molecular complexity index is 1510. The number of nitrogens with zero attached hydrogens (tertiary/aromatic N) is 3. The molecule has 188 valence electrons. The smallest absolute Gasteiger partial charge is 0.0730 e. The van der Waals surface area contributed by atoms with E-state index in [1.165, 1.54) is 22.0 Å². The Morgan fingerprint density at radius 1 is 0.553 bits per heavy atom. The third-order valence-electron chi connectivity index (χ3n) is 6.74. The summed E-state index contributed by atoms with van der Waals surface area (Å²) in [6.45, 7) is 6.42. The highest BCUT2D eigenvalue weighted by Gasteiger charge is 2.11. The van der Waals surface area contributed by atoms with Crippen molar-refractivity contribution in [2.45, 2.75) is 13.8 Å². The number of hydrogen-bond acceptors (Lipinski definition) is 3. The van der Waals surface area contributed by atoms with Crippen molar-refractivity contribution in [2.75, 3.05) is 23.0 Å². The van der Waals surface area contributed by atoms with Gasteiger partial charge in [0, 0.05) is 24.2 Å². The van der Waals surface area contributed by atoms with Crippen molar-refractivity contribution in [3.05, 3.63) is 138 Å². The molecule has 0 heterocycles. The Kier molecular flexibility index (Phi) is 7.95. The van der Waals surface area contributed by atoms with Crippen molar-refractivity contribution < 1.29 is 0 Å². The summed E-state index contributed by atoms with van der Waals surface area (Å²) in [5.41, 5.74) is 6.74. The minimum Gasteiger partial charge on any atom is -0.372 e. The van der Waals surface area contributed by atoms with Gasteiger partial charge in [0.25, 0.3) is 0 Å². The summed E-state index contributed by atoms with van der Waals surface area (Å²) in [6, 6.07) is 42.3. The van der Waals surface area contributed by atoms with Gasteiger partial charge in [-0.15, -0.1) is 0 Å². The van der Waals surface area contributed by atoms with Gasteiger partial charge in [-0.05, 0) is 66.3 Å². The molecule has 0 spiro atoms. The quantitative estimate of drug-likeness (QED) is 0.115. The molecule has 0 N–H and O–H groups in total. The van der Waals surface area contributed by atoms with E-state index < -0.39 is 0 Å². The van der Waals surface area contributed by atoms with E-state index >= 15 is 0 Å². The average molecular weight is 496 g/mol. The van der Waals surface area contributed by atoms with E-state index in [1.54, 1.807) is 0 Å². The molecule has 3 heteroatoms. The number of fused-ring (bicyclic) bond motifs is 1. The van der Waals surface area contributed by atoms with Crippen molar-refractivity contribution in [1.82, 2.24) is 0 Å². The lowest BCUT2D eigenvalue weighted by atomic mass is 10.1. The molecule has 0 bridgehead atoms. The summed E-state index contributed by atoms with van der Waals surface area (Å²) in [6.07, 6.45) is 6.24. The van der Waals surface area contributed by atoms with E-state index in [-0.39, 0.29) is 0 Å². The van der Waals surface area contributed by atoms with Crippen LogP contribution in [-0.2, 0) is 0 Å². The average Bonchev–Trinajstić information content (AvgIpc) is 2.99. The number of para-hydroxylation sites is 1. The van der Waals surface area contributed by atoms with Crippen molar-refractivity contribution in [3.8, 4) is 0 Å². The summed E-state index contributed by atoms with van der Waals surface area (Å²) in [5, 5.41) is 9.31. The number of hydrogen-bond donors (Lipinski definition) is 0. The Hall–Kier alpha value is -4.63. The molecule has 3 nitrogen and oxygen atoms in total. The molecule has 0 fully saturated rings. The summed E-state index contributed by atoms with van der Waals surface area (Å²) in [4.78, 5) is 2.35. The maximum Gasteiger partial charge on any atom is 0.0730 e. The highest BCUT2D eigenvalue weighted by molar-refractivity contribution is 5.96. The molecule has 5 aromatic carbocycles. The van der Waals surface area contributed by atoms with Gasteiger partial charge in [-0.3, -0.25) is 0 Å². The normalized spacial score (nSPS) is 11.4. The van der Waals surface area contributed by atoms with E-state index in [1.807, 2.05) is 29.4 Å². The van der Waals surface area contributed by atoms with Crippen LogP contribution < -0.4 is 9.91 Å². The first-order valence-electron chi connectivity index (χ1n) is 13.2. The van der Waals surface area contributed by atoms with Gasteiger partial charge in [0.05, 0.1) is 17.6 Å². The minimum absolute atomic E-state index is 1.02. The third-order valence-corrected chi connectivity index (χ3v) is 6.74. The summed E-state index contributed by atoms with van der Waals surface area (Å²) in [5.74, 6) is 0. The zero-order chi connectivity index (χ0) is 26.2. The Labute approximate surface area is 226 Å². The zero-order valence-corrected chi connectivity index (χ0v) is 22.0. The van der Waals surface area contributed by atoms with E-state index in [4.69, 9.17) is 5.10 Å². The zero-order valence-electron chi connectivity index (χ0n) is 22.0. The first kappa shape index (κ1) is 25.0. The predicted molar refractivity (Wildman–Crippen MR) is 165 cm³/mol. The molecule has 5 rings (SSSR count). The highest BCUT2D eigenvalue weighted by Crippen LogP contribution is 2.32. The van der Waals surface area contributed by atoms with Crippen molar-refractivity contribution in [3.63, 3.8) is 0 Å². The molecular weight excluding hydrogens is 462 g/mol. The molecule has 5 aromatic rings. The lowest BCUT2D eigenvalue weighted by Gasteiger charge is -2.21. The molecular formula is C35H33N3. The van der Waals surface area contributed by atoms with E-state index in [2.05, 4.69) is 134 Å². The molecule has 0 aliphatic rings. The summed E-state index contributed by atoms with van der Waals surface area (Å²) in [7, 11) is 0. The summed E-state index contributed by atoms with van der Waals surface area (Å²) >= 11 is 0. The second kappa shape index (κ2) is 12.1. The summed E-state index contributed by atoms with van der Waals surface area (Å²) < 4.78 is 0. The molecule has 0 atom stereocenters. The van der Waals surface area contributed by atoms with Crippen LogP contribution in [0.1, 0.15) is 30.5 Å². The Balaban J connectivity index is 1.35. The molecule has 0 aromatic heterocycles. The van der Waals surface area contributed by atoms with Crippen LogP contribution in [0.25, 0.3) is 22.9 Å². The highest BCUT2D eigenvalue weighted by atomic mass is 15.5. The van der Waals surface area contributed by atoms with Crippen LogP contribution in [0.2, 0.25) is 0 Å². The topological polar surface area (TPSA) is 18.8 Å². The molecule has 0 aliphatic carbocycles. The Morgan fingerprint density at radius 3 is 1.82 bits per heavy atom. The SMILES string of the molecule is CCN(CC)c1ccc(/C=C/c2ccc(/C=N\N(c3ccccc3)c3cccc4ccccc34)cc2)cc1. The fourth-order valence-electron chi connectivity index (χ4n) is 4.63. The van der Waals surface area contributed by atoms with Crippen LogP contribution in [-0.4, -0.2) is 19.3 Å². The predicted octanol–water partition coefficient (Wildman–Crippen LogP) is 9.03. The lowest BCUT2D eigenvalue weighted by molar-refractivity contribution is 0.866. The first-order valence-corrected chi connectivity index (χ1v) is 13.2. The van der Waals surface area contributed by atoms with Gasteiger partial charge in [0.1, 0.15) is 0 Å². The van der Waals surface area contributed by atoms with Gasteiger partial charge < -0.3 is 4.90 Å². The van der Waals surface area contributed by atoms with Gasteiger partial charge in [-0.2, -0.15) is 5.10 Å². The standard InChI is InChI=1S/C35H33N3/c1-3-37(4-2)32-25-23-29(24-26-32)18-17-28-19-21-30(22-20-28)27-36-38(33-13-6-5-7-14-33)35-16-10-12-31-11-8-9-15-34(31)35/h5-27H,3-4H2,1-2H3/b18-17+,36-27-. The van der Waals surface area contributed by atoms with Gasteiger partial charge in [0.2, 0.25) is 0 Å². The fraction of sp³-hybridized carbons (Fsp3) is 0.114. The van der Waals surface area contributed by atoms with Gasteiger partial charge in [-0.25, -0.2) is 5.01 Å². The molecule has 38 heavy (non-hydrogen) atoms. The number of hydrazone groups is 1. The van der Waals surface area contributed by atoms with Crippen molar-refractivity contribution >= 4 is 46.2 Å². The molecule has 0 saturated carbocycles. The number of rotatable bonds is 9. The van der Waals surface area contributed by atoms with Crippen LogP contribution in [0.4, 0.5) is 17.1 Å². The van der Waals surface area contributed by atoms with Crippen LogP contribution in [0.3, 0.4) is 0 Å². The monoisotopic (exact) mass is 495 g/mol. The van der Waals surface area contributed by atoms with Gasteiger partial charge in [-0.1, -0.05) is 103 Å².